The first-order valence-corrected chi connectivity index (χ1v) is 8.36. The summed E-state index contributed by atoms with van der Waals surface area (Å²) in [5.41, 5.74) is 1.85. The molecule has 2 unspecified atom stereocenters. The Morgan fingerprint density at radius 1 is 1.09 bits per heavy atom. The Labute approximate surface area is 137 Å². The van der Waals surface area contributed by atoms with Crippen molar-refractivity contribution in [1.29, 1.82) is 0 Å². The molecule has 0 spiro atoms. The normalized spacial score (nSPS) is 21.3. The molecule has 23 heavy (non-hydrogen) atoms. The topological polar surface area (TPSA) is 9.23 Å². The van der Waals surface area contributed by atoms with Gasteiger partial charge in [0.25, 0.3) is 0 Å². The molecule has 0 aliphatic heterocycles. The molecule has 0 saturated heterocycles. The highest BCUT2D eigenvalue weighted by atomic mass is 19.1. The zero-order valence-electron chi connectivity index (χ0n) is 13.8. The number of hydrogen-bond acceptors (Lipinski definition) is 1. The van der Waals surface area contributed by atoms with Crippen LogP contribution in [0.3, 0.4) is 0 Å². The highest BCUT2D eigenvalue weighted by Crippen LogP contribution is 2.38. The molecule has 0 bridgehead atoms. The van der Waals surface area contributed by atoms with Gasteiger partial charge >= 0.3 is 0 Å². The fraction of sp³-hybridized carbons (Fsp3) is 0.333. The number of benzene rings is 2. The number of halogens is 1. The summed E-state index contributed by atoms with van der Waals surface area (Å²) in [6, 6.07) is 15.0. The zero-order chi connectivity index (χ0) is 16.3. The summed E-state index contributed by atoms with van der Waals surface area (Å²) in [6.45, 7) is 4.43. The standard InChI is InChI=1S/C21H23FO/c1-3-16(2)17-6-12-20(13-7-17)23-21(14-4-5-15-21)18-8-10-19(22)11-9-18/h4,6-14,16H,3,5,15H2,1-2H3. The van der Waals surface area contributed by atoms with E-state index in [4.69, 9.17) is 4.74 Å². The number of hydrogen-bond donors (Lipinski definition) is 0. The zero-order valence-corrected chi connectivity index (χ0v) is 13.8. The van der Waals surface area contributed by atoms with E-state index in [9.17, 15) is 4.39 Å². The maximum atomic E-state index is 13.2. The summed E-state index contributed by atoms with van der Waals surface area (Å²) in [5.74, 6) is 1.19. The van der Waals surface area contributed by atoms with Crippen LogP contribution in [0.4, 0.5) is 4.39 Å². The van der Waals surface area contributed by atoms with Crippen LogP contribution in [0.25, 0.3) is 0 Å². The maximum Gasteiger partial charge on any atom is 0.152 e. The van der Waals surface area contributed by atoms with Crippen molar-refractivity contribution >= 4 is 0 Å². The Kier molecular flexibility index (Phi) is 4.51. The van der Waals surface area contributed by atoms with E-state index in [2.05, 4.69) is 38.1 Å². The minimum atomic E-state index is -0.481. The Morgan fingerprint density at radius 2 is 1.78 bits per heavy atom. The minimum absolute atomic E-state index is 0.219. The second kappa shape index (κ2) is 6.57. The lowest BCUT2D eigenvalue weighted by atomic mass is 9.92. The van der Waals surface area contributed by atoms with Crippen LogP contribution >= 0.6 is 0 Å². The summed E-state index contributed by atoms with van der Waals surface area (Å²) in [5, 5.41) is 0. The molecule has 2 aromatic rings. The maximum absolute atomic E-state index is 13.2. The van der Waals surface area contributed by atoms with Crippen molar-refractivity contribution in [1.82, 2.24) is 0 Å². The Hall–Kier alpha value is -2.09. The van der Waals surface area contributed by atoms with Crippen molar-refractivity contribution in [2.45, 2.75) is 44.6 Å². The molecular formula is C21H23FO. The molecule has 0 heterocycles. The summed E-state index contributed by atoms with van der Waals surface area (Å²) >= 11 is 0. The summed E-state index contributed by atoms with van der Waals surface area (Å²) < 4.78 is 19.6. The van der Waals surface area contributed by atoms with E-state index < -0.39 is 5.60 Å². The molecule has 0 fully saturated rings. The SMILES string of the molecule is CCC(C)c1ccc(OC2(c3ccc(F)cc3)C=CCC2)cc1. The van der Waals surface area contributed by atoms with Crippen LogP contribution in [0.15, 0.2) is 60.7 Å². The van der Waals surface area contributed by atoms with Crippen LogP contribution < -0.4 is 4.74 Å². The number of rotatable bonds is 5. The van der Waals surface area contributed by atoms with Gasteiger partial charge in [-0.2, -0.15) is 0 Å². The van der Waals surface area contributed by atoms with Crippen molar-refractivity contribution in [2.24, 2.45) is 0 Å². The fourth-order valence-corrected chi connectivity index (χ4v) is 3.08. The molecule has 0 aromatic heterocycles. The van der Waals surface area contributed by atoms with Crippen molar-refractivity contribution in [3.05, 3.63) is 77.6 Å². The lowest BCUT2D eigenvalue weighted by Gasteiger charge is -2.29. The molecule has 1 aliphatic rings. The van der Waals surface area contributed by atoms with Crippen LogP contribution in [-0.2, 0) is 5.60 Å². The number of ether oxygens (including phenoxy) is 1. The van der Waals surface area contributed by atoms with E-state index in [1.165, 1.54) is 17.7 Å². The van der Waals surface area contributed by atoms with Crippen molar-refractivity contribution < 1.29 is 9.13 Å². The van der Waals surface area contributed by atoms with Gasteiger partial charge in [0.1, 0.15) is 11.6 Å². The third-order valence-corrected chi connectivity index (χ3v) is 4.76. The molecule has 2 heteroatoms. The second-order valence-electron chi connectivity index (χ2n) is 6.32. The van der Waals surface area contributed by atoms with Crippen LogP contribution in [0.1, 0.15) is 50.2 Å². The van der Waals surface area contributed by atoms with Gasteiger partial charge in [0.05, 0.1) is 0 Å². The quantitative estimate of drug-likeness (QED) is 0.619. The summed E-state index contributed by atoms with van der Waals surface area (Å²) in [4.78, 5) is 0. The van der Waals surface area contributed by atoms with Gasteiger partial charge in [-0.05, 0) is 66.6 Å². The average Bonchev–Trinajstić information content (AvgIpc) is 3.05. The molecule has 2 atom stereocenters. The van der Waals surface area contributed by atoms with Crippen LogP contribution in [0.2, 0.25) is 0 Å². The van der Waals surface area contributed by atoms with Crippen LogP contribution in [-0.4, -0.2) is 0 Å². The number of allylic oxidation sites excluding steroid dienone is 1. The Morgan fingerprint density at radius 3 is 2.35 bits per heavy atom. The largest absolute Gasteiger partial charge is 0.478 e. The molecular weight excluding hydrogens is 287 g/mol. The molecule has 1 aliphatic carbocycles. The van der Waals surface area contributed by atoms with E-state index in [1.54, 1.807) is 0 Å². The molecule has 0 N–H and O–H groups in total. The van der Waals surface area contributed by atoms with Gasteiger partial charge in [-0.1, -0.05) is 44.2 Å². The molecule has 1 nitrogen and oxygen atoms in total. The first-order valence-electron chi connectivity index (χ1n) is 8.36. The van der Waals surface area contributed by atoms with Crippen LogP contribution in [0.5, 0.6) is 5.75 Å². The Bertz CT molecular complexity index is 672. The average molecular weight is 310 g/mol. The van der Waals surface area contributed by atoms with E-state index in [-0.39, 0.29) is 5.82 Å². The molecule has 3 rings (SSSR count). The first-order chi connectivity index (χ1) is 11.1. The van der Waals surface area contributed by atoms with Gasteiger partial charge in [-0.25, -0.2) is 4.39 Å². The Balaban J connectivity index is 1.85. The highest BCUT2D eigenvalue weighted by Gasteiger charge is 2.34. The summed E-state index contributed by atoms with van der Waals surface area (Å²) in [6.07, 6.45) is 7.22. The second-order valence-corrected chi connectivity index (χ2v) is 6.32. The van der Waals surface area contributed by atoms with Gasteiger partial charge in [0.15, 0.2) is 5.60 Å². The van der Waals surface area contributed by atoms with Crippen molar-refractivity contribution in [3.63, 3.8) is 0 Å². The molecule has 0 saturated carbocycles. The summed E-state index contributed by atoms with van der Waals surface area (Å²) in [7, 11) is 0. The predicted molar refractivity (Wildman–Crippen MR) is 92.2 cm³/mol. The van der Waals surface area contributed by atoms with Gasteiger partial charge < -0.3 is 4.74 Å². The molecule has 2 aromatic carbocycles. The van der Waals surface area contributed by atoms with E-state index >= 15 is 0 Å². The molecule has 120 valence electrons. The molecule has 0 radical (unpaired) electrons. The monoisotopic (exact) mass is 310 g/mol. The van der Waals surface area contributed by atoms with Crippen LogP contribution in [0, 0.1) is 5.82 Å². The van der Waals surface area contributed by atoms with E-state index in [1.807, 2.05) is 24.3 Å². The third kappa shape index (κ3) is 3.31. The van der Waals surface area contributed by atoms with Gasteiger partial charge in [0, 0.05) is 0 Å². The first kappa shape index (κ1) is 15.8. The smallest absolute Gasteiger partial charge is 0.152 e. The highest BCUT2D eigenvalue weighted by molar-refractivity contribution is 5.35. The lowest BCUT2D eigenvalue weighted by molar-refractivity contribution is 0.119. The van der Waals surface area contributed by atoms with Gasteiger partial charge in [0.2, 0.25) is 0 Å². The van der Waals surface area contributed by atoms with Crippen molar-refractivity contribution in [3.8, 4) is 5.75 Å². The predicted octanol–water partition coefficient (Wildman–Crippen LogP) is 5.96. The third-order valence-electron chi connectivity index (χ3n) is 4.76. The fourth-order valence-electron chi connectivity index (χ4n) is 3.08. The van der Waals surface area contributed by atoms with Crippen molar-refractivity contribution in [2.75, 3.05) is 0 Å². The van der Waals surface area contributed by atoms with Gasteiger partial charge in [-0.15, -0.1) is 0 Å². The van der Waals surface area contributed by atoms with E-state index in [0.717, 1.165) is 30.6 Å². The van der Waals surface area contributed by atoms with E-state index in [0.29, 0.717) is 5.92 Å². The lowest BCUT2D eigenvalue weighted by Crippen LogP contribution is -2.28. The van der Waals surface area contributed by atoms with Gasteiger partial charge in [-0.3, -0.25) is 0 Å². The minimum Gasteiger partial charge on any atom is -0.478 e. The molecule has 0 amide bonds.